The lowest BCUT2D eigenvalue weighted by Gasteiger charge is -2.19. The normalized spacial score (nSPS) is 13.6. The third-order valence-electron chi connectivity index (χ3n) is 2.42. The van der Waals surface area contributed by atoms with E-state index in [2.05, 4.69) is 0 Å². The zero-order valence-corrected chi connectivity index (χ0v) is 11.0. The van der Waals surface area contributed by atoms with Gasteiger partial charge in [0, 0.05) is 4.90 Å². The van der Waals surface area contributed by atoms with Crippen LogP contribution in [0.4, 0.5) is 39.5 Å². The molecule has 0 fully saturated rings. The van der Waals surface area contributed by atoms with Crippen LogP contribution in [0.5, 0.6) is 0 Å². The average molecular weight is 342 g/mol. The molecule has 0 heterocycles. The predicted molar refractivity (Wildman–Crippen MR) is 57.7 cm³/mol. The standard InChI is InChI=1S/C11H7F9S/c1-2-6-7(10(15,16)17)3-5(9(12,13)14)4-8(6)21-11(18,19)20/h3-4H,2H2,1H3. The largest absolute Gasteiger partial charge is 0.446 e. The van der Waals surface area contributed by atoms with Gasteiger partial charge in [-0.25, -0.2) is 0 Å². The molecule has 10 heteroatoms. The molecule has 0 aliphatic rings. The van der Waals surface area contributed by atoms with Crippen LogP contribution >= 0.6 is 11.8 Å². The first kappa shape index (κ1) is 18.0. The third kappa shape index (κ3) is 4.72. The summed E-state index contributed by atoms with van der Waals surface area (Å²) in [4.78, 5) is -1.09. The summed E-state index contributed by atoms with van der Waals surface area (Å²) in [5.41, 5.74) is -9.26. The summed E-state index contributed by atoms with van der Waals surface area (Å²) in [5.74, 6) is 0. The quantitative estimate of drug-likeness (QED) is 0.476. The topological polar surface area (TPSA) is 0 Å². The van der Waals surface area contributed by atoms with Crippen LogP contribution in [0, 0.1) is 0 Å². The van der Waals surface area contributed by atoms with Crippen LogP contribution in [0.2, 0.25) is 0 Å². The van der Waals surface area contributed by atoms with E-state index < -0.39 is 57.6 Å². The first-order chi connectivity index (χ1) is 9.25. The van der Waals surface area contributed by atoms with E-state index in [0.29, 0.717) is 0 Å². The molecule has 0 bridgehead atoms. The smallest absolute Gasteiger partial charge is 0.166 e. The minimum atomic E-state index is -5.17. The Morgan fingerprint density at radius 1 is 0.857 bits per heavy atom. The minimum absolute atomic E-state index is 0.0895. The number of hydrogen-bond acceptors (Lipinski definition) is 1. The zero-order chi connectivity index (χ0) is 16.6. The van der Waals surface area contributed by atoms with Gasteiger partial charge in [0.2, 0.25) is 0 Å². The van der Waals surface area contributed by atoms with Gasteiger partial charge in [0.05, 0.1) is 11.1 Å². The van der Waals surface area contributed by atoms with Crippen molar-refractivity contribution in [2.75, 3.05) is 0 Å². The van der Waals surface area contributed by atoms with Gasteiger partial charge in [-0.2, -0.15) is 39.5 Å². The highest BCUT2D eigenvalue weighted by Gasteiger charge is 2.41. The number of alkyl halides is 9. The number of hydrogen-bond donors (Lipinski definition) is 0. The van der Waals surface area contributed by atoms with E-state index in [4.69, 9.17) is 0 Å². The van der Waals surface area contributed by atoms with Gasteiger partial charge in [0.15, 0.2) is 0 Å². The van der Waals surface area contributed by atoms with E-state index >= 15 is 0 Å². The first-order valence-electron chi connectivity index (χ1n) is 5.32. The number of thioether (sulfide) groups is 1. The Morgan fingerprint density at radius 3 is 1.71 bits per heavy atom. The lowest BCUT2D eigenvalue weighted by atomic mass is 10.0. The molecule has 0 saturated carbocycles. The highest BCUT2D eigenvalue weighted by Crippen LogP contribution is 2.45. The van der Waals surface area contributed by atoms with Crippen molar-refractivity contribution in [2.45, 2.75) is 36.1 Å². The van der Waals surface area contributed by atoms with E-state index in [1.165, 1.54) is 0 Å². The predicted octanol–water partition coefficient (Wildman–Crippen LogP) is 5.90. The summed E-state index contributed by atoms with van der Waals surface area (Å²) in [5, 5.41) is 0. The Balaban J connectivity index is 3.60. The van der Waals surface area contributed by atoms with Crippen LogP contribution in [0.3, 0.4) is 0 Å². The Bertz CT molecular complexity index is 510. The van der Waals surface area contributed by atoms with Gasteiger partial charge >= 0.3 is 17.9 Å². The van der Waals surface area contributed by atoms with Crippen molar-refractivity contribution in [3.63, 3.8) is 0 Å². The fraction of sp³-hybridized carbons (Fsp3) is 0.455. The third-order valence-corrected chi connectivity index (χ3v) is 3.24. The van der Waals surface area contributed by atoms with Crippen molar-refractivity contribution in [1.29, 1.82) is 0 Å². The molecule has 1 aromatic carbocycles. The van der Waals surface area contributed by atoms with E-state index in [1.54, 1.807) is 0 Å². The molecule has 1 aromatic rings. The molecule has 0 aliphatic heterocycles. The highest BCUT2D eigenvalue weighted by atomic mass is 32.2. The summed E-state index contributed by atoms with van der Waals surface area (Å²) < 4.78 is 113. The van der Waals surface area contributed by atoms with Crippen molar-refractivity contribution < 1.29 is 39.5 Å². The summed E-state index contributed by atoms with van der Waals surface area (Å²) >= 11 is -0.988. The number of benzene rings is 1. The van der Waals surface area contributed by atoms with Crippen LogP contribution in [0.15, 0.2) is 17.0 Å². The summed E-state index contributed by atoms with van der Waals surface area (Å²) in [7, 11) is 0. The molecule has 0 nitrogen and oxygen atoms in total. The van der Waals surface area contributed by atoms with Crippen LogP contribution in [-0.4, -0.2) is 5.51 Å². The maximum absolute atomic E-state index is 12.8. The molecule has 0 unspecified atom stereocenters. The van der Waals surface area contributed by atoms with Gasteiger partial charge in [0.1, 0.15) is 0 Å². The van der Waals surface area contributed by atoms with Gasteiger partial charge in [-0.1, -0.05) is 6.92 Å². The first-order valence-corrected chi connectivity index (χ1v) is 6.14. The summed E-state index contributed by atoms with van der Waals surface area (Å²) in [6.07, 6.45) is -10.8. The monoisotopic (exact) mass is 342 g/mol. The lowest BCUT2D eigenvalue weighted by Crippen LogP contribution is -2.15. The number of halogens is 9. The molecular weight excluding hydrogens is 335 g/mol. The van der Waals surface area contributed by atoms with Gasteiger partial charge < -0.3 is 0 Å². The molecule has 21 heavy (non-hydrogen) atoms. The Kier molecular flexibility index (Phi) is 4.81. The second kappa shape index (κ2) is 5.62. The van der Waals surface area contributed by atoms with Crippen molar-refractivity contribution >= 4 is 11.8 Å². The molecule has 0 atom stereocenters. The van der Waals surface area contributed by atoms with Crippen molar-refractivity contribution in [3.8, 4) is 0 Å². The fourth-order valence-corrected chi connectivity index (χ4v) is 2.46. The van der Waals surface area contributed by atoms with Gasteiger partial charge in [-0.3, -0.25) is 0 Å². The molecule has 0 saturated heterocycles. The fourth-order valence-electron chi connectivity index (χ4n) is 1.64. The zero-order valence-electron chi connectivity index (χ0n) is 10.2. The molecule has 0 N–H and O–H groups in total. The summed E-state index contributed by atoms with van der Waals surface area (Å²) in [6.45, 7) is 1.14. The van der Waals surface area contributed by atoms with E-state index in [9.17, 15) is 39.5 Å². The Hall–Kier alpha value is -1.06. The van der Waals surface area contributed by atoms with Crippen LogP contribution in [0.1, 0.15) is 23.6 Å². The highest BCUT2D eigenvalue weighted by molar-refractivity contribution is 8.00. The van der Waals surface area contributed by atoms with Crippen molar-refractivity contribution in [3.05, 3.63) is 28.8 Å². The molecule has 0 aliphatic carbocycles. The Morgan fingerprint density at radius 2 is 1.38 bits per heavy atom. The number of rotatable bonds is 2. The molecule has 120 valence electrons. The van der Waals surface area contributed by atoms with Crippen molar-refractivity contribution in [2.24, 2.45) is 0 Å². The minimum Gasteiger partial charge on any atom is -0.166 e. The van der Waals surface area contributed by atoms with E-state index in [0.717, 1.165) is 6.92 Å². The second-order valence-corrected chi connectivity index (χ2v) is 5.00. The lowest BCUT2D eigenvalue weighted by molar-refractivity contribution is -0.143. The van der Waals surface area contributed by atoms with Crippen LogP contribution in [0.25, 0.3) is 0 Å². The molecule has 0 spiro atoms. The average Bonchev–Trinajstić information content (AvgIpc) is 2.23. The second-order valence-electron chi connectivity index (χ2n) is 3.90. The van der Waals surface area contributed by atoms with Crippen molar-refractivity contribution in [1.82, 2.24) is 0 Å². The molecule has 1 rings (SSSR count). The SMILES string of the molecule is CCc1c(SC(F)(F)F)cc(C(F)(F)F)cc1C(F)(F)F. The van der Waals surface area contributed by atoms with Gasteiger partial charge in [-0.05, 0) is 35.9 Å². The Labute approximate surface area is 117 Å². The maximum Gasteiger partial charge on any atom is 0.446 e. The molecule has 0 amide bonds. The molecule has 0 radical (unpaired) electrons. The van der Waals surface area contributed by atoms with Gasteiger partial charge in [-0.15, -0.1) is 0 Å². The molecule has 0 aromatic heterocycles. The van der Waals surface area contributed by atoms with Crippen LogP contribution in [-0.2, 0) is 18.8 Å². The molecular formula is C11H7F9S. The summed E-state index contributed by atoms with van der Waals surface area (Å²) in [6, 6.07) is -0.0779. The maximum atomic E-state index is 12.8. The van der Waals surface area contributed by atoms with E-state index in [-0.39, 0.29) is 12.1 Å². The van der Waals surface area contributed by atoms with Gasteiger partial charge in [0.25, 0.3) is 0 Å². The van der Waals surface area contributed by atoms with Crippen LogP contribution < -0.4 is 0 Å². The van der Waals surface area contributed by atoms with E-state index in [1.807, 2.05) is 0 Å².